The number of hydrogen-bond acceptors (Lipinski definition) is 2. The van der Waals surface area contributed by atoms with Crippen LogP contribution in [0.5, 0.6) is 0 Å². The first-order chi connectivity index (χ1) is 8.19. The van der Waals surface area contributed by atoms with Crippen molar-refractivity contribution in [3.05, 3.63) is 29.3 Å². The zero-order chi connectivity index (χ0) is 13.9. The maximum absolute atomic E-state index is 11.7. The van der Waals surface area contributed by atoms with Gasteiger partial charge < -0.3 is 15.7 Å². The second-order valence-corrected chi connectivity index (χ2v) is 5.16. The largest absolute Gasteiger partial charge is 0.478 e. The lowest BCUT2D eigenvalue weighted by Gasteiger charge is -2.21. The Kier molecular flexibility index (Phi) is 3.96. The summed E-state index contributed by atoms with van der Waals surface area (Å²) in [6, 6.07) is 4.26. The van der Waals surface area contributed by atoms with E-state index in [1.54, 1.807) is 13.0 Å². The molecule has 0 unspecified atom stereocenters. The SMILES string of the molecule is Cc1cc(C(=O)O)ccc1NC(=O)NC(C)(C)C. The molecule has 0 aliphatic rings. The summed E-state index contributed by atoms with van der Waals surface area (Å²) in [7, 11) is 0. The predicted molar refractivity (Wildman–Crippen MR) is 70.0 cm³/mol. The van der Waals surface area contributed by atoms with E-state index in [9.17, 15) is 9.59 Å². The molecule has 18 heavy (non-hydrogen) atoms. The number of carbonyl (C=O) groups excluding carboxylic acids is 1. The van der Waals surface area contributed by atoms with Gasteiger partial charge in [-0.1, -0.05) is 0 Å². The number of carboxylic acid groups (broad SMARTS) is 1. The van der Waals surface area contributed by atoms with E-state index >= 15 is 0 Å². The number of hydrogen-bond donors (Lipinski definition) is 3. The van der Waals surface area contributed by atoms with Gasteiger partial charge in [-0.3, -0.25) is 0 Å². The van der Waals surface area contributed by atoms with Crippen LogP contribution in [0.15, 0.2) is 18.2 Å². The van der Waals surface area contributed by atoms with Crippen molar-refractivity contribution in [1.82, 2.24) is 5.32 Å². The molecule has 98 valence electrons. The van der Waals surface area contributed by atoms with Gasteiger partial charge in [-0.05, 0) is 51.5 Å². The third-order valence-corrected chi connectivity index (χ3v) is 2.21. The van der Waals surface area contributed by atoms with E-state index in [0.29, 0.717) is 11.3 Å². The molecule has 0 saturated heterocycles. The molecule has 1 rings (SSSR count). The summed E-state index contributed by atoms with van der Waals surface area (Å²) in [4.78, 5) is 22.4. The highest BCUT2D eigenvalue weighted by Gasteiger charge is 2.14. The van der Waals surface area contributed by atoms with E-state index in [4.69, 9.17) is 5.11 Å². The molecule has 0 radical (unpaired) electrons. The van der Waals surface area contributed by atoms with Crippen LogP contribution < -0.4 is 10.6 Å². The molecule has 0 aromatic heterocycles. The van der Waals surface area contributed by atoms with Crippen LogP contribution in [0.2, 0.25) is 0 Å². The summed E-state index contributed by atoms with van der Waals surface area (Å²) in [5.41, 5.74) is 1.19. The number of rotatable bonds is 2. The maximum Gasteiger partial charge on any atom is 0.335 e. The summed E-state index contributed by atoms with van der Waals surface area (Å²) in [5, 5.41) is 14.3. The van der Waals surface area contributed by atoms with E-state index in [-0.39, 0.29) is 17.1 Å². The van der Waals surface area contributed by atoms with E-state index in [1.165, 1.54) is 12.1 Å². The number of carboxylic acids is 1. The highest BCUT2D eigenvalue weighted by atomic mass is 16.4. The van der Waals surface area contributed by atoms with E-state index in [2.05, 4.69) is 10.6 Å². The molecule has 0 heterocycles. The number of aromatic carboxylic acids is 1. The fraction of sp³-hybridized carbons (Fsp3) is 0.385. The molecule has 0 fully saturated rings. The van der Waals surface area contributed by atoms with Crippen LogP contribution in [0, 0.1) is 6.92 Å². The Morgan fingerprint density at radius 1 is 1.22 bits per heavy atom. The van der Waals surface area contributed by atoms with Crippen LogP contribution >= 0.6 is 0 Å². The summed E-state index contributed by atoms with van der Waals surface area (Å²) in [6.07, 6.45) is 0. The topological polar surface area (TPSA) is 78.4 Å². The lowest BCUT2D eigenvalue weighted by atomic mass is 10.1. The highest BCUT2D eigenvalue weighted by Crippen LogP contribution is 2.16. The number of carbonyl (C=O) groups is 2. The van der Waals surface area contributed by atoms with Crippen molar-refractivity contribution < 1.29 is 14.7 Å². The Bertz CT molecular complexity index is 476. The minimum absolute atomic E-state index is 0.203. The first-order valence-corrected chi connectivity index (χ1v) is 5.62. The molecule has 5 heteroatoms. The summed E-state index contributed by atoms with van der Waals surface area (Å²) < 4.78 is 0. The van der Waals surface area contributed by atoms with Crippen LogP contribution in [-0.4, -0.2) is 22.6 Å². The number of aryl methyl sites for hydroxylation is 1. The maximum atomic E-state index is 11.7. The molecular formula is C13H18N2O3. The van der Waals surface area contributed by atoms with E-state index in [0.717, 1.165) is 0 Å². The van der Waals surface area contributed by atoms with Crippen molar-refractivity contribution in [2.45, 2.75) is 33.2 Å². The highest BCUT2D eigenvalue weighted by molar-refractivity contribution is 5.92. The summed E-state index contributed by atoms with van der Waals surface area (Å²) >= 11 is 0. The Morgan fingerprint density at radius 2 is 1.83 bits per heavy atom. The van der Waals surface area contributed by atoms with Gasteiger partial charge in [-0.25, -0.2) is 9.59 Å². The zero-order valence-electron chi connectivity index (χ0n) is 11.0. The second-order valence-electron chi connectivity index (χ2n) is 5.16. The Hall–Kier alpha value is -2.04. The van der Waals surface area contributed by atoms with Crippen molar-refractivity contribution in [3.8, 4) is 0 Å². The second kappa shape index (κ2) is 5.08. The van der Waals surface area contributed by atoms with Gasteiger partial charge in [0.25, 0.3) is 0 Å². The number of urea groups is 1. The molecule has 0 atom stereocenters. The van der Waals surface area contributed by atoms with Gasteiger partial charge in [-0.2, -0.15) is 0 Å². The third kappa shape index (κ3) is 4.08. The molecule has 3 N–H and O–H groups in total. The van der Waals surface area contributed by atoms with Crippen molar-refractivity contribution in [3.63, 3.8) is 0 Å². The smallest absolute Gasteiger partial charge is 0.335 e. The average molecular weight is 250 g/mol. The number of nitrogens with one attached hydrogen (secondary N) is 2. The fourth-order valence-corrected chi connectivity index (χ4v) is 1.43. The van der Waals surface area contributed by atoms with Crippen LogP contribution in [0.4, 0.5) is 10.5 Å². The van der Waals surface area contributed by atoms with E-state index in [1.807, 2.05) is 20.8 Å². The van der Waals surface area contributed by atoms with Gasteiger partial charge in [-0.15, -0.1) is 0 Å². The molecule has 0 saturated carbocycles. The van der Waals surface area contributed by atoms with Crippen molar-refractivity contribution in [2.24, 2.45) is 0 Å². The van der Waals surface area contributed by atoms with Gasteiger partial charge in [0, 0.05) is 11.2 Å². The van der Waals surface area contributed by atoms with Gasteiger partial charge >= 0.3 is 12.0 Å². The lowest BCUT2D eigenvalue weighted by Crippen LogP contribution is -2.43. The van der Waals surface area contributed by atoms with Gasteiger partial charge in [0.05, 0.1) is 5.56 Å². The van der Waals surface area contributed by atoms with Crippen molar-refractivity contribution in [1.29, 1.82) is 0 Å². The number of anilines is 1. The fourth-order valence-electron chi connectivity index (χ4n) is 1.43. The molecule has 0 aliphatic heterocycles. The van der Waals surface area contributed by atoms with E-state index < -0.39 is 5.97 Å². The molecule has 0 aliphatic carbocycles. The Balaban J connectivity index is 2.80. The normalized spacial score (nSPS) is 10.9. The van der Waals surface area contributed by atoms with Crippen LogP contribution in [0.3, 0.4) is 0 Å². The first kappa shape index (κ1) is 14.0. The number of benzene rings is 1. The summed E-state index contributed by atoms with van der Waals surface area (Å²) in [5.74, 6) is -0.983. The van der Waals surface area contributed by atoms with Crippen molar-refractivity contribution in [2.75, 3.05) is 5.32 Å². The molecule has 1 aromatic rings. The van der Waals surface area contributed by atoms with Crippen molar-refractivity contribution >= 4 is 17.7 Å². The van der Waals surface area contributed by atoms with Crippen LogP contribution in [0.25, 0.3) is 0 Å². The molecular weight excluding hydrogens is 232 g/mol. The lowest BCUT2D eigenvalue weighted by molar-refractivity contribution is 0.0697. The Morgan fingerprint density at radius 3 is 2.28 bits per heavy atom. The van der Waals surface area contributed by atoms with Crippen LogP contribution in [0.1, 0.15) is 36.7 Å². The molecule has 2 amide bonds. The number of amides is 2. The average Bonchev–Trinajstić information content (AvgIpc) is 2.17. The van der Waals surface area contributed by atoms with Gasteiger partial charge in [0.1, 0.15) is 0 Å². The molecule has 0 bridgehead atoms. The standard InChI is InChI=1S/C13H18N2O3/c1-8-7-9(11(16)17)5-6-10(8)14-12(18)15-13(2,3)4/h5-7H,1-4H3,(H,16,17)(H2,14,15,18). The molecule has 5 nitrogen and oxygen atoms in total. The molecule has 0 spiro atoms. The Labute approximate surface area is 106 Å². The minimum Gasteiger partial charge on any atom is -0.478 e. The van der Waals surface area contributed by atoms with Gasteiger partial charge in [0.15, 0.2) is 0 Å². The quantitative estimate of drug-likeness (QED) is 0.755. The predicted octanol–water partition coefficient (Wildman–Crippen LogP) is 2.61. The minimum atomic E-state index is -0.983. The van der Waals surface area contributed by atoms with Gasteiger partial charge in [0.2, 0.25) is 0 Å². The van der Waals surface area contributed by atoms with Crippen LogP contribution in [-0.2, 0) is 0 Å². The third-order valence-electron chi connectivity index (χ3n) is 2.21. The zero-order valence-corrected chi connectivity index (χ0v) is 11.0. The molecule has 1 aromatic carbocycles. The summed E-state index contributed by atoms with van der Waals surface area (Å²) in [6.45, 7) is 7.39. The first-order valence-electron chi connectivity index (χ1n) is 5.62. The monoisotopic (exact) mass is 250 g/mol.